The van der Waals surface area contributed by atoms with Crippen LogP contribution in [-0.4, -0.2) is 37.2 Å². The molecule has 136 valence electrons. The van der Waals surface area contributed by atoms with Gasteiger partial charge in [0, 0.05) is 12.3 Å². The molecule has 0 aromatic heterocycles. The third-order valence-corrected chi connectivity index (χ3v) is 9.38. The quantitative estimate of drug-likeness (QED) is 0.508. The first-order valence-electron chi connectivity index (χ1n) is 8.56. The Morgan fingerprint density at radius 2 is 1.61 bits per heavy atom. The van der Waals surface area contributed by atoms with Crippen LogP contribution in [0.4, 0.5) is 0 Å². The third kappa shape index (κ3) is 7.27. The van der Waals surface area contributed by atoms with Crippen LogP contribution in [0.5, 0.6) is 0 Å². The van der Waals surface area contributed by atoms with Gasteiger partial charge in [0.25, 0.3) is 0 Å². The van der Waals surface area contributed by atoms with E-state index in [1.54, 1.807) is 0 Å². The molecule has 0 saturated carbocycles. The van der Waals surface area contributed by atoms with Crippen molar-refractivity contribution in [3.8, 4) is 0 Å². The molecule has 0 aromatic carbocycles. The molecule has 0 saturated heterocycles. The standard InChI is InChI=1S/C18H36O4Si/c1-12(2)17(22-23(8,9)18(5,6)7)14(4)16(21)11-15(20)10-13(3)19/h12,14,16-17,21H,10-11H2,1-9H3/t14-,16+,17+/m0/s1. The summed E-state index contributed by atoms with van der Waals surface area (Å²) >= 11 is 0. The number of Topliss-reactive ketones (excluding diaryl/α,β-unsaturated/α-hetero) is 2. The Hall–Kier alpha value is -0.523. The summed E-state index contributed by atoms with van der Waals surface area (Å²) in [6, 6.07) is 0. The van der Waals surface area contributed by atoms with Gasteiger partial charge in [0.15, 0.2) is 8.32 Å². The molecule has 0 fully saturated rings. The molecule has 0 aromatic rings. The van der Waals surface area contributed by atoms with Crippen molar-refractivity contribution in [2.45, 2.75) is 91.6 Å². The van der Waals surface area contributed by atoms with Crippen molar-refractivity contribution in [1.82, 2.24) is 0 Å². The number of carbonyl (C=O) groups excluding carboxylic acids is 2. The van der Waals surface area contributed by atoms with Gasteiger partial charge in [-0.05, 0) is 31.0 Å². The zero-order valence-corrected chi connectivity index (χ0v) is 17.4. The summed E-state index contributed by atoms with van der Waals surface area (Å²) in [5, 5.41) is 10.5. The molecule has 3 atom stereocenters. The first-order chi connectivity index (χ1) is 10.2. The van der Waals surface area contributed by atoms with Crippen LogP contribution in [0.25, 0.3) is 0 Å². The smallest absolute Gasteiger partial charge is 0.192 e. The molecule has 0 aliphatic carbocycles. The minimum atomic E-state index is -1.96. The topological polar surface area (TPSA) is 63.6 Å². The van der Waals surface area contributed by atoms with E-state index in [1.807, 2.05) is 6.92 Å². The van der Waals surface area contributed by atoms with E-state index in [4.69, 9.17) is 4.43 Å². The maximum Gasteiger partial charge on any atom is 0.192 e. The zero-order chi connectivity index (χ0) is 18.6. The average Bonchev–Trinajstić information content (AvgIpc) is 2.32. The van der Waals surface area contributed by atoms with E-state index in [1.165, 1.54) is 6.92 Å². The van der Waals surface area contributed by atoms with Gasteiger partial charge in [-0.2, -0.15) is 0 Å². The molecule has 0 unspecified atom stereocenters. The van der Waals surface area contributed by atoms with E-state index < -0.39 is 14.4 Å². The fourth-order valence-electron chi connectivity index (χ4n) is 2.36. The summed E-state index contributed by atoms with van der Waals surface area (Å²) in [5.74, 6) is -0.267. The van der Waals surface area contributed by atoms with E-state index in [0.717, 1.165) is 0 Å². The Morgan fingerprint density at radius 3 is 1.96 bits per heavy atom. The summed E-state index contributed by atoms with van der Waals surface area (Å²) < 4.78 is 6.51. The predicted molar refractivity (Wildman–Crippen MR) is 97.0 cm³/mol. The van der Waals surface area contributed by atoms with Crippen LogP contribution in [-0.2, 0) is 14.0 Å². The Labute approximate surface area is 143 Å². The maximum absolute atomic E-state index is 11.8. The lowest BCUT2D eigenvalue weighted by molar-refractivity contribution is -0.127. The second-order valence-electron chi connectivity index (χ2n) is 8.63. The lowest BCUT2D eigenvalue weighted by Crippen LogP contribution is -2.49. The van der Waals surface area contributed by atoms with Crippen molar-refractivity contribution in [2.75, 3.05) is 0 Å². The van der Waals surface area contributed by atoms with Gasteiger partial charge in [0.05, 0.1) is 18.6 Å². The molecule has 0 rings (SSSR count). The molecule has 0 bridgehead atoms. The number of carbonyl (C=O) groups is 2. The van der Waals surface area contributed by atoms with Crippen molar-refractivity contribution in [2.24, 2.45) is 11.8 Å². The van der Waals surface area contributed by atoms with Gasteiger partial charge in [-0.3, -0.25) is 9.59 Å². The van der Waals surface area contributed by atoms with Crippen LogP contribution in [0, 0.1) is 11.8 Å². The Bertz CT molecular complexity index is 410. The van der Waals surface area contributed by atoms with Crippen LogP contribution >= 0.6 is 0 Å². The molecule has 0 aliphatic heterocycles. The highest BCUT2D eigenvalue weighted by atomic mass is 28.4. The highest BCUT2D eigenvalue weighted by Gasteiger charge is 2.42. The second-order valence-corrected chi connectivity index (χ2v) is 13.4. The van der Waals surface area contributed by atoms with Gasteiger partial charge in [-0.25, -0.2) is 0 Å². The van der Waals surface area contributed by atoms with Gasteiger partial charge in [-0.15, -0.1) is 0 Å². The summed E-state index contributed by atoms with van der Waals surface area (Å²) in [6.07, 6.45) is -0.959. The Kier molecular flexibility index (Phi) is 8.34. The van der Waals surface area contributed by atoms with E-state index in [2.05, 4.69) is 47.7 Å². The SMILES string of the molecule is CC(=O)CC(=O)C[C@@H](O)[C@H](C)[C@H](O[Si](C)(C)C(C)(C)C)C(C)C. The van der Waals surface area contributed by atoms with E-state index >= 15 is 0 Å². The summed E-state index contributed by atoms with van der Waals surface area (Å²) in [7, 11) is -1.96. The van der Waals surface area contributed by atoms with Crippen molar-refractivity contribution >= 4 is 19.9 Å². The molecule has 0 spiro atoms. The van der Waals surface area contributed by atoms with Gasteiger partial charge in [-0.1, -0.05) is 41.5 Å². The number of aliphatic hydroxyl groups excluding tert-OH is 1. The zero-order valence-electron chi connectivity index (χ0n) is 16.4. The summed E-state index contributed by atoms with van der Waals surface area (Å²) in [5.41, 5.74) is 0. The molecule has 0 aliphatic rings. The van der Waals surface area contributed by atoms with Gasteiger partial charge >= 0.3 is 0 Å². The lowest BCUT2D eigenvalue weighted by Gasteiger charge is -2.43. The van der Waals surface area contributed by atoms with Gasteiger partial charge < -0.3 is 9.53 Å². The number of aliphatic hydroxyl groups is 1. The van der Waals surface area contributed by atoms with Crippen molar-refractivity contribution < 1.29 is 19.1 Å². The highest BCUT2D eigenvalue weighted by Crippen LogP contribution is 2.39. The van der Waals surface area contributed by atoms with Crippen LogP contribution < -0.4 is 0 Å². The molecule has 4 nitrogen and oxygen atoms in total. The lowest BCUT2D eigenvalue weighted by atomic mass is 9.88. The fraction of sp³-hybridized carbons (Fsp3) is 0.889. The number of hydrogen-bond acceptors (Lipinski definition) is 4. The molecular weight excluding hydrogens is 308 g/mol. The highest BCUT2D eigenvalue weighted by molar-refractivity contribution is 6.74. The minimum absolute atomic E-state index is 0.0187. The van der Waals surface area contributed by atoms with Crippen LogP contribution in [0.15, 0.2) is 0 Å². The Balaban J connectivity index is 5.02. The molecule has 1 N–H and O–H groups in total. The minimum Gasteiger partial charge on any atom is -0.413 e. The molecule has 0 heterocycles. The van der Waals surface area contributed by atoms with E-state index in [0.29, 0.717) is 0 Å². The van der Waals surface area contributed by atoms with Crippen molar-refractivity contribution in [3.63, 3.8) is 0 Å². The molecule has 0 amide bonds. The van der Waals surface area contributed by atoms with Crippen LogP contribution in [0.2, 0.25) is 18.1 Å². The molecule has 23 heavy (non-hydrogen) atoms. The number of hydrogen-bond donors (Lipinski definition) is 1. The Morgan fingerprint density at radius 1 is 1.13 bits per heavy atom. The number of ketones is 2. The average molecular weight is 345 g/mol. The molecule has 5 heteroatoms. The second kappa shape index (κ2) is 8.54. The fourth-order valence-corrected chi connectivity index (χ4v) is 3.88. The van der Waals surface area contributed by atoms with E-state index in [9.17, 15) is 14.7 Å². The predicted octanol–water partition coefficient (Wildman–Crippen LogP) is 3.97. The van der Waals surface area contributed by atoms with Gasteiger partial charge in [0.1, 0.15) is 11.6 Å². The first kappa shape index (κ1) is 22.5. The number of rotatable bonds is 9. The summed E-state index contributed by atoms with van der Waals surface area (Å²) in [4.78, 5) is 22.8. The normalized spacial score (nSPS) is 17.0. The van der Waals surface area contributed by atoms with Crippen molar-refractivity contribution in [1.29, 1.82) is 0 Å². The first-order valence-corrected chi connectivity index (χ1v) is 11.5. The maximum atomic E-state index is 11.8. The monoisotopic (exact) mass is 344 g/mol. The van der Waals surface area contributed by atoms with Gasteiger partial charge in [0.2, 0.25) is 0 Å². The molecule has 0 radical (unpaired) electrons. The third-order valence-electron chi connectivity index (χ3n) is 4.90. The van der Waals surface area contributed by atoms with Crippen LogP contribution in [0.1, 0.15) is 61.3 Å². The molecular formula is C18H36O4Si. The summed E-state index contributed by atoms with van der Waals surface area (Å²) in [6.45, 7) is 18.5. The van der Waals surface area contributed by atoms with Crippen LogP contribution in [0.3, 0.4) is 0 Å². The van der Waals surface area contributed by atoms with E-state index in [-0.39, 0.29) is 47.4 Å². The largest absolute Gasteiger partial charge is 0.413 e. The van der Waals surface area contributed by atoms with Crippen molar-refractivity contribution in [3.05, 3.63) is 0 Å².